The van der Waals surface area contributed by atoms with Crippen molar-refractivity contribution in [3.8, 4) is 0 Å². The molecule has 1 amide bonds. The van der Waals surface area contributed by atoms with Crippen LogP contribution in [0.25, 0.3) is 0 Å². The van der Waals surface area contributed by atoms with Crippen molar-refractivity contribution in [2.75, 3.05) is 13.1 Å². The van der Waals surface area contributed by atoms with Gasteiger partial charge >= 0.3 is 0 Å². The van der Waals surface area contributed by atoms with Gasteiger partial charge in [0.05, 0.1) is 5.41 Å². The predicted octanol–water partition coefficient (Wildman–Crippen LogP) is 1.91. The summed E-state index contributed by atoms with van der Waals surface area (Å²) in [5, 5.41) is 2.99. The van der Waals surface area contributed by atoms with Crippen molar-refractivity contribution < 1.29 is 4.79 Å². The van der Waals surface area contributed by atoms with E-state index in [1.807, 2.05) is 13.8 Å². The zero-order valence-corrected chi connectivity index (χ0v) is 10.6. The third-order valence-electron chi connectivity index (χ3n) is 3.23. The highest BCUT2D eigenvalue weighted by Gasteiger charge is 2.32. The van der Waals surface area contributed by atoms with Crippen LogP contribution >= 0.6 is 0 Å². The normalized spacial score (nSPS) is 11.9. The van der Waals surface area contributed by atoms with Gasteiger partial charge in [-0.3, -0.25) is 4.79 Å². The molecule has 0 aromatic heterocycles. The summed E-state index contributed by atoms with van der Waals surface area (Å²) < 4.78 is 0. The fourth-order valence-electron chi connectivity index (χ4n) is 1.61. The summed E-state index contributed by atoms with van der Waals surface area (Å²) in [6.45, 7) is 9.56. The highest BCUT2D eigenvalue weighted by Crippen LogP contribution is 2.24. The number of carbonyl (C=O) groups is 1. The molecule has 3 nitrogen and oxygen atoms in total. The second kappa shape index (κ2) is 6.83. The second-order valence-electron chi connectivity index (χ2n) is 4.63. The Morgan fingerprint density at radius 3 is 2.20 bits per heavy atom. The maximum Gasteiger partial charge on any atom is 0.227 e. The molecule has 0 heterocycles. The van der Waals surface area contributed by atoms with Gasteiger partial charge in [0.1, 0.15) is 0 Å². The molecule has 0 rings (SSSR count). The van der Waals surface area contributed by atoms with E-state index in [-0.39, 0.29) is 11.3 Å². The van der Waals surface area contributed by atoms with Gasteiger partial charge in [-0.15, -0.1) is 0 Å². The van der Waals surface area contributed by atoms with Crippen molar-refractivity contribution in [2.45, 2.75) is 47.0 Å². The Hall–Kier alpha value is -0.570. The maximum absolute atomic E-state index is 11.9. The molecule has 0 atom stereocenters. The molecule has 0 radical (unpaired) electrons. The molecule has 0 aromatic rings. The van der Waals surface area contributed by atoms with Crippen LogP contribution in [-0.4, -0.2) is 19.0 Å². The zero-order chi connectivity index (χ0) is 11.9. The SMILES string of the molecule is CCC(CC)(CN)C(=O)NCCC(C)C. The minimum Gasteiger partial charge on any atom is -0.356 e. The van der Waals surface area contributed by atoms with Gasteiger partial charge in [0.2, 0.25) is 5.91 Å². The molecular formula is C12H26N2O. The number of carbonyl (C=O) groups excluding carboxylic acids is 1. The van der Waals surface area contributed by atoms with E-state index in [0.717, 1.165) is 25.8 Å². The Kier molecular flexibility index (Phi) is 6.57. The first-order valence-corrected chi connectivity index (χ1v) is 6.00. The van der Waals surface area contributed by atoms with Gasteiger partial charge in [0, 0.05) is 13.1 Å². The van der Waals surface area contributed by atoms with Crippen molar-refractivity contribution >= 4 is 5.91 Å². The van der Waals surface area contributed by atoms with Crippen molar-refractivity contribution in [3.63, 3.8) is 0 Å². The van der Waals surface area contributed by atoms with Crippen LogP contribution in [0.1, 0.15) is 47.0 Å². The molecule has 0 spiro atoms. The fourth-order valence-corrected chi connectivity index (χ4v) is 1.61. The molecule has 0 aliphatic rings. The van der Waals surface area contributed by atoms with E-state index in [4.69, 9.17) is 5.73 Å². The first-order valence-electron chi connectivity index (χ1n) is 6.00. The summed E-state index contributed by atoms with van der Waals surface area (Å²) in [5.74, 6) is 0.747. The predicted molar refractivity (Wildman–Crippen MR) is 64.5 cm³/mol. The summed E-state index contributed by atoms with van der Waals surface area (Å²) >= 11 is 0. The lowest BCUT2D eigenvalue weighted by Gasteiger charge is -2.28. The quantitative estimate of drug-likeness (QED) is 0.680. The van der Waals surface area contributed by atoms with E-state index >= 15 is 0 Å². The summed E-state index contributed by atoms with van der Waals surface area (Å²) in [7, 11) is 0. The number of amides is 1. The molecule has 0 aliphatic carbocycles. The van der Waals surface area contributed by atoms with Crippen LogP contribution < -0.4 is 11.1 Å². The molecule has 0 aliphatic heterocycles. The van der Waals surface area contributed by atoms with Crippen LogP contribution in [0.4, 0.5) is 0 Å². The monoisotopic (exact) mass is 214 g/mol. The molecule has 0 unspecified atom stereocenters. The summed E-state index contributed by atoms with van der Waals surface area (Å²) in [4.78, 5) is 11.9. The summed E-state index contributed by atoms with van der Waals surface area (Å²) in [5.41, 5.74) is 5.35. The average molecular weight is 214 g/mol. The lowest BCUT2D eigenvalue weighted by Crippen LogP contribution is -2.45. The van der Waals surface area contributed by atoms with E-state index in [0.29, 0.717) is 12.5 Å². The van der Waals surface area contributed by atoms with E-state index in [1.165, 1.54) is 0 Å². The van der Waals surface area contributed by atoms with Gasteiger partial charge in [0.25, 0.3) is 0 Å². The molecule has 0 saturated heterocycles. The Morgan fingerprint density at radius 2 is 1.87 bits per heavy atom. The largest absolute Gasteiger partial charge is 0.356 e. The van der Waals surface area contributed by atoms with Crippen molar-refractivity contribution in [2.24, 2.45) is 17.1 Å². The van der Waals surface area contributed by atoms with Gasteiger partial charge in [-0.1, -0.05) is 27.7 Å². The minimum absolute atomic E-state index is 0.121. The van der Waals surface area contributed by atoms with Crippen LogP contribution in [0, 0.1) is 11.3 Å². The van der Waals surface area contributed by atoms with E-state index in [9.17, 15) is 4.79 Å². The number of hydrogen-bond acceptors (Lipinski definition) is 2. The highest BCUT2D eigenvalue weighted by atomic mass is 16.2. The Labute approximate surface area is 93.8 Å². The van der Waals surface area contributed by atoms with Crippen LogP contribution in [0.2, 0.25) is 0 Å². The number of hydrogen-bond donors (Lipinski definition) is 2. The summed E-state index contributed by atoms with van der Waals surface area (Å²) in [6, 6.07) is 0. The smallest absolute Gasteiger partial charge is 0.227 e. The van der Waals surface area contributed by atoms with Crippen LogP contribution in [0.5, 0.6) is 0 Å². The summed E-state index contributed by atoms with van der Waals surface area (Å²) in [6.07, 6.45) is 2.65. The molecule has 3 N–H and O–H groups in total. The first kappa shape index (κ1) is 14.4. The molecular weight excluding hydrogens is 188 g/mol. The average Bonchev–Trinajstić information content (AvgIpc) is 2.21. The number of nitrogens with two attached hydrogens (primary N) is 1. The number of nitrogens with one attached hydrogen (secondary N) is 1. The standard InChI is InChI=1S/C12H26N2O/c1-5-12(6-2,9-13)11(15)14-8-7-10(3)4/h10H,5-9,13H2,1-4H3,(H,14,15). The molecule has 90 valence electrons. The lowest BCUT2D eigenvalue weighted by atomic mass is 9.81. The Bertz CT molecular complexity index is 178. The molecule has 0 bridgehead atoms. The molecule has 3 heteroatoms. The highest BCUT2D eigenvalue weighted by molar-refractivity contribution is 5.82. The van der Waals surface area contributed by atoms with Gasteiger partial charge in [0.15, 0.2) is 0 Å². The van der Waals surface area contributed by atoms with E-state index in [1.54, 1.807) is 0 Å². The van der Waals surface area contributed by atoms with Gasteiger partial charge in [-0.25, -0.2) is 0 Å². The van der Waals surface area contributed by atoms with Crippen molar-refractivity contribution in [1.29, 1.82) is 0 Å². The van der Waals surface area contributed by atoms with Crippen LogP contribution in [-0.2, 0) is 4.79 Å². The molecule has 15 heavy (non-hydrogen) atoms. The first-order chi connectivity index (χ1) is 7.02. The zero-order valence-electron chi connectivity index (χ0n) is 10.6. The van der Waals surface area contributed by atoms with Crippen LogP contribution in [0.15, 0.2) is 0 Å². The van der Waals surface area contributed by atoms with Gasteiger partial charge in [-0.2, -0.15) is 0 Å². The number of rotatable bonds is 7. The Balaban J connectivity index is 4.15. The topological polar surface area (TPSA) is 55.1 Å². The molecule has 0 saturated carbocycles. The van der Waals surface area contributed by atoms with Gasteiger partial charge < -0.3 is 11.1 Å². The fraction of sp³-hybridized carbons (Fsp3) is 0.917. The van der Waals surface area contributed by atoms with Crippen molar-refractivity contribution in [1.82, 2.24) is 5.32 Å². The minimum atomic E-state index is -0.350. The maximum atomic E-state index is 11.9. The second-order valence-corrected chi connectivity index (χ2v) is 4.63. The van der Waals surface area contributed by atoms with Gasteiger partial charge in [-0.05, 0) is 25.2 Å². The lowest BCUT2D eigenvalue weighted by molar-refractivity contribution is -0.131. The molecule has 0 fully saturated rings. The Morgan fingerprint density at radius 1 is 1.33 bits per heavy atom. The van der Waals surface area contributed by atoms with Crippen molar-refractivity contribution in [3.05, 3.63) is 0 Å². The van der Waals surface area contributed by atoms with E-state index in [2.05, 4.69) is 19.2 Å². The van der Waals surface area contributed by atoms with E-state index < -0.39 is 0 Å². The molecule has 0 aromatic carbocycles. The third-order valence-corrected chi connectivity index (χ3v) is 3.23. The third kappa shape index (κ3) is 4.20. The van der Waals surface area contributed by atoms with Crippen LogP contribution in [0.3, 0.4) is 0 Å².